The molecule has 0 unspecified atom stereocenters. The number of para-hydroxylation sites is 2. The first kappa shape index (κ1) is 12.2. The lowest BCUT2D eigenvalue weighted by atomic mass is 10.2. The highest BCUT2D eigenvalue weighted by Gasteiger charge is 2.26. The van der Waals surface area contributed by atoms with Gasteiger partial charge in [0.25, 0.3) is 0 Å². The molecule has 5 heteroatoms. The van der Waals surface area contributed by atoms with Crippen molar-refractivity contribution in [1.82, 2.24) is 5.32 Å². The van der Waals surface area contributed by atoms with Crippen LogP contribution >= 0.6 is 0 Å². The molecule has 1 aliphatic heterocycles. The molecular weight excluding hydrogens is 242 g/mol. The van der Waals surface area contributed by atoms with E-state index in [1.807, 2.05) is 24.3 Å². The fourth-order valence-electron chi connectivity index (χ4n) is 2.26. The Morgan fingerprint density at radius 3 is 2.95 bits per heavy atom. The van der Waals surface area contributed by atoms with Crippen molar-refractivity contribution in [3.63, 3.8) is 0 Å². The van der Waals surface area contributed by atoms with E-state index in [0.29, 0.717) is 24.7 Å². The molecule has 1 aromatic carbocycles. The third-order valence-corrected chi connectivity index (χ3v) is 3.42. The predicted molar refractivity (Wildman–Crippen MR) is 73.1 cm³/mol. The number of nitrogens with one attached hydrogen (secondary N) is 2. The molecule has 0 spiro atoms. The van der Waals surface area contributed by atoms with Crippen LogP contribution in [0.1, 0.15) is 19.3 Å². The van der Waals surface area contributed by atoms with E-state index in [-0.39, 0.29) is 18.4 Å². The normalized spacial score (nSPS) is 17.9. The average molecular weight is 259 g/mol. The lowest BCUT2D eigenvalue weighted by Gasteiger charge is -2.29. The van der Waals surface area contributed by atoms with Crippen LogP contribution in [0.2, 0.25) is 0 Å². The van der Waals surface area contributed by atoms with Crippen molar-refractivity contribution in [1.29, 1.82) is 0 Å². The number of hydrogen-bond acceptors (Lipinski definition) is 3. The van der Waals surface area contributed by atoms with Crippen LogP contribution in [0, 0.1) is 0 Å². The number of nitrogens with zero attached hydrogens (tertiary/aromatic N) is 1. The molecule has 2 aliphatic rings. The van der Waals surface area contributed by atoms with E-state index in [2.05, 4.69) is 10.6 Å². The summed E-state index contributed by atoms with van der Waals surface area (Å²) in [5.41, 5.74) is 1.50. The number of amides is 2. The number of carbonyl (C=O) groups is 2. The fourth-order valence-corrected chi connectivity index (χ4v) is 2.26. The van der Waals surface area contributed by atoms with E-state index in [4.69, 9.17) is 0 Å². The maximum absolute atomic E-state index is 12.2. The Bertz CT molecular complexity index is 511. The first-order valence-corrected chi connectivity index (χ1v) is 6.66. The van der Waals surface area contributed by atoms with E-state index in [9.17, 15) is 9.59 Å². The van der Waals surface area contributed by atoms with Crippen LogP contribution in [0.4, 0.5) is 11.4 Å². The van der Waals surface area contributed by atoms with Gasteiger partial charge >= 0.3 is 0 Å². The molecule has 0 aromatic heterocycles. The molecule has 1 aromatic rings. The Morgan fingerprint density at radius 1 is 1.37 bits per heavy atom. The molecule has 2 amide bonds. The quantitative estimate of drug-likeness (QED) is 0.851. The Hall–Kier alpha value is -1.88. The minimum Gasteiger partial charge on any atom is -0.323 e. The second-order valence-corrected chi connectivity index (χ2v) is 5.02. The summed E-state index contributed by atoms with van der Waals surface area (Å²) in [6, 6.07) is 8.00. The van der Waals surface area contributed by atoms with Gasteiger partial charge in [-0.1, -0.05) is 12.1 Å². The molecule has 1 heterocycles. The Balaban J connectivity index is 1.68. The summed E-state index contributed by atoms with van der Waals surface area (Å²) in [5.74, 6) is -0.141. The summed E-state index contributed by atoms with van der Waals surface area (Å²) in [7, 11) is 0. The lowest BCUT2D eigenvalue weighted by Crippen LogP contribution is -2.43. The number of anilines is 2. The number of hydrogen-bond donors (Lipinski definition) is 2. The van der Waals surface area contributed by atoms with Gasteiger partial charge in [0, 0.05) is 19.0 Å². The van der Waals surface area contributed by atoms with Gasteiger partial charge in [-0.05, 0) is 25.0 Å². The third-order valence-electron chi connectivity index (χ3n) is 3.42. The van der Waals surface area contributed by atoms with Gasteiger partial charge in [0.05, 0.1) is 11.4 Å². The van der Waals surface area contributed by atoms with Crippen molar-refractivity contribution < 1.29 is 9.59 Å². The van der Waals surface area contributed by atoms with Crippen LogP contribution < -0.4 is 15.5 Å². The number of carbonyl (C=O) groups excluding carboxylic acids is 2. The van der Waals surface area contributed by atoms with Gasteiger partial charge in [-0.25, -0.2) is 0 Å². The van der Waals surface area contributed by atoms with E-state index in [1.54, 1.807) is 4.90 Å². The van der Waals surface area contributed by atoms with Gasteiger partial charge in [0.15, 0.2) is 0 Å². The van der Waals surface area contributed by atoms with Crippen molar-refractivity contribution >= 4 is 23.2 Å². The minimum atomic E-state index is -0.137. The zero-order valence-corrected chi connectivity index (χ0v) is 10.7. The van der Waals surface area contributed by atoms with E-state index in [1.165, 1.54) is 12.8 Å². The molecular formula is C14H17N3O2. The second kappa shape index (κ2) is 5.01. The summed E-state index contributed by atoms with van der Waals surface area (Å²) in [6.07, 6.45) is 2.85. The number of rotatable bonds is 4. The van der Waals surface area contributed by atoms with Gasteiger partial charge < -0.3 is 15.5 Å². The maximum atomic E-state index is 12.2. The monoisotopic (exact) mass is 259 g/mol. The molecule has 0 bridgehead atoms. The van der Waals surface area contributed by atoms with Gasteiger partial charge in [0.2, 0.25) is 11.8 Å². The van der Waals surface area contributed by atoms with Gasteiger partial charge in [-0.3, -0.25) is 9.59 Å². The molecule has 0 saturated heterocycles. The van der Waals surface area contributed by atoms with Crippen LogP contribution in [-0.2, 0) is 9.59 Å². The zero-order chi connectivity index (χ0) is 13.2. The topological polar surface area (TPSA) is 61.4 Å². The highest BCUT2D eigenvalue weighted by molar-refractivity contribution is 6.09. The molecule has 0 atom stereocenters. The molecule has 0 radical (unpaired) electrons. The standard InChI is InChI=1S/C14H17N3O2/c18-13-9-17(12-4-2-1-3-11(12)16-13)14(19)7-8-15-10-5-6-10/h1-4,10,15H,5-9H2,(H,16,18). The Labute approximate surface area is 112 Å². The lowest BCUT2D eigenvalue weighted by molar-refractivity contribution is -0.121. The van der Waals surface area contributed by atoms with Gasteiger partial charge in [-0.2, -0.15) is 0 Å². The largest absolute Gasteiger partial charge is 0.323 e. The van der Waals surface area contributed by atoms with E-state index < -0.39 is 0 Å². The molecule has 2 N–H and O–H groups in total. The van der Waals surface area contributed by atoms with Crippen molar-refractivity contribution in [3.8, 4) is 0 Å². The summed E-state index contributed by atoms with van der Waals surface area (Å²) >= 11 is 0. The number of fused-ring (bicyclic) bond motifs is 1. The van der Waals surface area contributed by atoms with Crippen LogP contribution in [0.15, 0.2) is 24.3 Å². The van der Waals surface area contributed by atoms with Crippen molar-refractivity contribution in [2.24, 2.45) is 0 Å². The van der Waals surface area contributed by atoms with Gasteiger partial charge in [-0.15, -0.1) is 0 Å². The summed E-state index contributed by atoms with van der Waals surface area (Å²) < 4.78 is 0. The van der Waals surface area contributed by atoms with Crippen LogP contribution in [0.3, 0.4) is 0 Å². The highest BCUT2D eigenvalue weighted by atomic mass is 16.2. The summed E-state index contributed by atoms with van der Waals surface area (Å²) in [4.78, 5) is 25.4. The highest BCUT2D eigenvalue weighted by Crippen LogP contribution is 2.29. The van der Waals surface area contributed by atoms with Crippen molar-refractivity contribution in [3.05, 3.63) is 24.3 Å². The minimum absolute atomic E-state index is 0.00421. The Kier molecular flexibility index (Phi) is 3.21. The van der Waals surface area contributed by atoms with Crippen LogP contribution in [0.5, 0.6) is 0 Å². The first-order valence-electron chi connectivity index (χ1n) is 6.66. The van der Waals surface area contributed by atoms with Gasteiger partial charge in [0.1, 0.15) is 6.54 Å². The van der Waals surface area contributed by atoms with Crippen molar-refractivity contribution in [2.75, 3.05) is 23.3 Å². The predicted octanol–water partition coefficient (Wildman–Crippen LogP) is 1.11. The number of benzene rings is 1. The smallest absolute Gasteiger partial charge is 0.244 e. The molecule has 5 nitrogen and oxygen atoms in total. The first-order chi connectivity index (χ1) is 9.24. The zero-order valence-electron chi connectivity index (χ0n) is 10.7. The molecule has 1 fully saturated rings. The average Bonchev–Trinajstić information content (AvgIpc) is 3.21. The molecule has 100 valence electrons. The summed E-state index contributed by atoms with van der Waals surface area (Å²) in [6.45, 7) is 0.795. The molecule has 19 heavy (non-hydrogen) atoms. The SMILES string of the molecule is O=C1CN(C(=O)CCNC2CC2)c2ccccc2N1. The molecule has 3 rings (SSSR count). The van der Waals surface area contributed by atoms with E-state index >= 15 is 0 Å². The third kappa shape index (κ3) is 2.76. The Morgan fingerprint density at radius 2 is 2.16 bits per heavy atom. The molecule has 1 aliphatic carbocycles. The summed E-state index contributed by atoms with van der Waals surface area (Å²) in [5, 5.41) is 6.09. The maximum Gasteiger partial charge on any atom is 0.244 e. The second-order valence-electron chi connectivity index (χ2n) is 5.02. The van der Waals surface area contributed by atoms with Crippen LogP contribution in [-0.4, -0.2) is 30.9 Å². The van der Waals surface area contributed by atoms with Crippen molar-refractivity contribution in [2.45, 2.75) is 25.3 Å². The fraction of sp³-hybridized carbons (Fsp3) is 0.429. The van der Waals surface area contributed by atoms with Crippen LogP contribution in [0.25, 0.3) is 0 Å². The molecule has 1 saturated carbocycles. The van der Waals surface area contributed by atoms with E-state index in [0.717, 1.165) is 5.69 Å².